The van der Waals surface area contributed by atoms with Gasteiger partial charge in [-0.2, -0.15) is 31.4 Å². The number of amides is 2. The number of nitrogens with one attached hydrogen (secondary N) is 2. The van der Waals surface area contributed by atoms with E-state index in [1.807, 2.05) is 0 Å². The molecule has 1 unspecified atom stereocenters. The Morgan fingerprint density at radius 2 is 1.53 bits per heavy atom. The molecular weight excluding hydrogens is 466 g/mol. The summed E-state index contributed by atoms with van der Waals surface area (Å²) in [6, 6.07) is 7.16. The molecule has 3 heterocycles. The third-order valence-electron chi connectivity index (χ3n) is 6.04. The van der Waals surface area contributed by atoms with Gasteiger partial charge < -0.3 is 10.6 Å². The van der Waals surface area contributed by atoms with Gasteiger partial charge in [-0.15, -0.1) is 0 Å². The van der Waals surface area contributed by atoms with Crippen LogP contribution in [0.3, 0.4) is 0 Å². The number of anilines is 2. The molecule has 0 radical (unpaired) electrons. The average molecular weight is 480 g/mol. The summed E-state index contributed by atoms with van der Waals surface area (Å²) in [7, 11) is 0. The number of carbonyl (C=O) groups excluding carboxylic acids is 2. The highest BCUT2D eigenvalue weighted by Gasteiger charge is 2.55. The Hall–Kier alpha value is -3.83. The molecule has 2 aliphatic heterocycles. The topological polar surface area (TPSA) is 76.0 Å². The van der Waals surface area contributed by atoms with Crippen molar-refractivity contribution < 1.29 is 35.9 Å². The molecule has 0 bridgehead atoms. The lowest BCUT2D eigenvalue weighted by Gasteiger charge is -2.31. The van der Waals surface area contributed by atoms with Crippen LogP contribution in [0.4, 0.5) is 37.8 Å². The van der Waals surface area contributed by atoms with E-state index in [-0.39, 0.29) is 29.2 Å². The maximum Gasteiger partial charge on any atom is 0.416 e. The second-order valence-corrected chi connectivity index (χ2v) is 8.10. The molecule has 34 heavy (non-hydrogen) atoms. The second-order valence-electron chi connectivity index (χ2n) is 8.10. The first-order valence-corrected chi connectivity index (χ1v) is 9.95. The molecule has 1 aromatic heterocycles. The largest absolute Gasteiger partial charge is 0.416 e. The fourth-order valence-electron chi connectivity index (χ4n) is 4.41. The van der Waals surface area contributed by atoms with Crippen LogP contribution in [0.2, 0.25) is 0 Å². The molecule has 0 aliphatic carbocycles. The number of nitrogens with zero attached hydrogens (tertiary/aromatic N) is 2. The van der Waals surface area contributed by atoms with Crippen molar-refractivity contribution >= 4 is 23.3 Å². The number of rotatable bonds is 2. The van der Waals surface area contributed by atoms with Crippen molar-refractivity contribution in [1.82, 2.24) is 9.78 Å². The van der Waals surface area contributed by atoms with Gasteiger partial charge in [0.15, 0.2) is 0 Å². The van der Waals surface area contributed by atoms with E-state index < -0.39 is 47.1 Å². The van der Waals surface area contributed by atoms with Gasteiger partial charge in [0.1, 0.15) is 11.2 Å². The van der Waals surface area contributed by atoms with E-state index in [2.05, 4.69) is 15.7 Å². The Labute approximate surface area is 187 Å². The van der Waals surface area contributed by atoms with Crippen LogP contribution in [0.1, 0.15) is 34.2 Å². The zero-order valence-corrected chi connectivity index (χ0v) is 17.0. The van der Waals surface area contributed by atoms with Crippen molar-refractivity contribution in [1.29, 1.82) is 0 Å². The number of aromatic nitrogens is 2. The summed E-state index contributed by atoms with van der Waals surface area (Å²) in [4.78, 5) is 25.7. The zero-order valence-electron chi connectivity index (χ0n) is 17.0. The van der Waals surface area contributed by atoms with Crippen molar-refractivity contribution in [2.45, 2.75) is 30.7 Å². The Kier molecular flexibility index (Phi) is 4.58. The minimum Gasteiger partial charge on any atom is -0.325 e. The van der Waals surface area contributed by atoms with Gasteiger partial charge in [0.2, 0.25) is 11.8 Å². The van der Waals surface area contributed by atoms with Gasteiger partial charge in [-0.25, -0.2) is 4.68 Å². The molecule has 6 nitrogen and oxygen atoms in total. The lowest BCUT2D eigenvalue weighted by molar-refractivity contribution is -0.138. The molecule has 1 atom stereocenters. The third kappa shape index (κ3) is 3.32. The van der Waals surface area contributed by atoms with E-state index in [0.29, 0.717) is 5.56 Å². The summed E-state index contributed by atoms with van der Waals surface area (Å²) in [5, 5.41) is 9.31. The molecule has 1 spiro atoms. The molecule has 3 aromatic rings. The van der Waals surface area contributed by atoms with Crippen LogP contribution < -0.4 is 10.6 Å². The molecule has 2 amide bonds. The Balaban J connectivity index is 1.58. The molecule has 0 saturated heterocycles. The monoisotopic (exact) mass is 480 g/mol. The maximum absolute atomic E-state index is 13.4. The fraction of sp³-hybridized carbons (Fsp3) is 0.227. The molecule has 2 aromatic carbocycles. The summed E-state index contributed by atoms with van der Waals surface area (Å²) >= 11 is 0. The smallest absolute Gasteiger partial charge is 0.325 e. The summed E-state index contributed by atoms with van der Waals surface area (Å²) < 4.78 is 79.8. The maximum atomic E-state index is 13.4. The van der Waals surface area contributed by atoms with E-state index >= 15 is 0 Å². The number of benzene rings is 2. The lowest BCUT2D eigenvalue weighted by Crippen LogP contribution is -2.43. The molecular formula is C22H14F6N4O2. The summed E-state index contributed by atoms with van der Waals surface area (Å²) in [5.41, 5.74) is -2.70. The van der Waals surface area contributed by atoms with Crippen LogP contribution in [-0.2, 0) is 33.9 Å². The molecule has 0 fully saturated rings. The SMILES string of the molecule is O=C1CC2(C(=O)Nc3ccc(C(F)(F)F)cc32)c2cnn(Cc3ccc(C(F)(F)F)cc3)c2N1. The number of hydrogen-bond acceptors (Lipinski definition) is 3. The molecule has 12 heteroatoms. The van der Waals surface area contributed by atoms with E-state index in [1.54, 1.807) is 0 Å². The minimum atomic E-state index is -4.66. The highest BCUT2D eigenvalue weighted by atomic mass is 19.4. The van der Waals surface area contributed by atoms with Crippen molar-refractivity contribution in [3.63, 3.8) is 0 Å². The van der Waals surface area contributed by atoms with E-state index in [4.69, 9.17) is 0 Å². The van der Waals surface area contributed by atoms with E-state index in [1.165, 1.54) is 23.0 Å². The fourth-order valence-corrected chi connectivity index (χ4v) is 4.41. The predicted octanol–water partition coefficient (Wildman–Crippen LogP) is 4.55. The normalized spacial score (nSPS) is 19.6. The van der Waals surface area contributed by atoms with Crippen molar-refractivity contribution in [2.75, 3.05) is 10.6 Å². The summed E-state index contributed by atoms with van der Waals surface area (Å²) in [6.07, 6.45) is -8.30. The van der Waals surface area contributed by atoms with E-state index in [0.717, 1.165) is 30.3 Å². The zero-order chi connectivity index (χ0) is 24.5. The van der Waals surface area contributed by atoms with Crippen LogP contribution in [0.5, 0.6) is 0 Å². The van der Waals surface area contributed by atoms with Gasteiger partial charge >= 0.3 is 12.4 Å². The third-order valence-corrected chi connectivity index (χ3v) is 6.04. The van der Waals surface area contributed by atoms with Gasteiger partial charge in [0.25, 0.3) is 0 Å². The number of alkyl halides is 6. The molecule has 5 rings (SSSR count). The molecule has 0 saturated carbocycles. The van der Waals surface area contributed by atoms with Crippen molar-refractivity contribution in [3.8, 4) is 0 Å². The first-order chi connectivity index (χ1) is 15.9. The Bertz CT molecular complexity index is 1330. The average Bonchev–Trinajstić information content (AvgIpc) is 3.26. The lowest BCUT2D eigenvalue weighted by atomic mass is 9.71. The van der Waals surface area contributed by atoms with Crippen LogP contribution in [-0.4, -0.2) is 21.6 Å². The van der Waals surface area contributed by atoms with Crippen molar-refractivity contribution in [2.24, 2.45) is 0 Å². The molecule has 2 N–H and O–H groups in total. The van der Waals surface area contributed by atoms with Gasteiger partial charge in [-0.3, -0.25) is 9.59 Å². The Morgan fingerprint density at radius 3 is 2.18 bits per heavy atom. The highest BCUT2D eigenvalue weighted by Crippen LogP contribution is 2.51. The summed E-state index contributed by atoms with van der Waals surface area (Å²) in [5.74, 6) is -1.18. The molecule has 2 aliphatic rings. The first-order valence-electron chi connectivity index (χ1n) is 9.95. The highest BCUT2D eigenvalue weighted by molar-refractivity contribution is 6.14. The number of hydrogen-bond donors (Lipinski definition) is 2. The summed E-state index contributed by atoms with van der Waals surface area (Å²) in [6.45, 7) is -0.0408. The number of fused-ring (bicyclic) bond motifs is 4. The van der Waals surface area contributed by atoms with Gasteiger partial charge in [0, 0.05) is 17.7 Å². The van der Waals surface area contributed by atoms with Crippen molar-refractivity contribution in [3.05, 3.63) is 76.5 Å². The van der Waals surface area contributed by atoms with Crippen LogP contribution in [0, 0.1) is 0 Å². The van der Waals surface area contributed by atoms with Crippen LogP contribution in [0.15, 0.2) is 48.7 Å². The van der Waals surface area contributed by atoms with Gasteiger partial charge in [0.05, 0.1) is 23.9 Å². The Morgan fingerprint density at radius 1 is 0.882 bits per heavy atom. The molecule has 176 valence electrons. The standard InChI is InChI=1S/C22H14F6N4O2/c23-21(24,25)12-3-1-11(2-4-12)10-32-18-15(9-29-32)20(8-17(33)31-18)14-7-13(22(26,27)28)5-6-16(14)30-19(20)34/h1-7,9H,8,10H2,(H,30,34)(H,31,33). The van der Waals surface area contributed by atoms with Crippen LogP contribution >= 0.6 is 0 Å². The van der Waals surface area contributed by atoms with Gasteiger partial charge in [-0.1, -0.05) is 12.1 Å². The van der Waals surface area contributed by atoms with Crippen LogP contribution in [0.25, 0.3) is 0 Å². The number of carbonyl (C=O) groups is 2. The number of halogens is 6. The second kappa shape index (κ2) is 7.08. The van der Waals surface area contributed by atoms with Gasteiger partial charge in [-0.05, 0) is 41.5 Å². The van der Waals surface area contributed by atoms with E-state index in [9.17, 15) is 35.9 Å². The first kappa shape index (κ1) is 22.0. The minimum absolute atomic E-state index is 0.0116. The quantitative estimate of drug-likeness (QED) is 0.529. The predicted molar refractivity (Wildman–Crippen MR) is 107 cm³/mol.